The van der Waals surface area contributed by atoms with Crippen LogP contribution >= 0.6 is 0 Å². The molecule has 0 aliphatic heterocycles. The summed E-state index contributed by atoms with van der Waals surface area (Å²) in [6.07, 6.45) is 0. The van der Waals surface area contributed by atoms with Crippen LogP contribution in [0, 0.1) is 6.92 Å². The largest absolute Gasteiger partial charge is 0.495 e. The van der Waals surface area contributed by atoms with Gasteiger partial charge in [0.2, 0.25) is 0 Å². The highest BCUT2D eigenvalue weighted by Crippen LogP contribution is 2.30. The fourth-order valence-electron chi connectivity index (χ4n) is 2.99. The molecule has 27 heavy (non-hydrogen) atoms. The van der Waals surface area contributed by atoms with Gasteiger partial charge in [-0.05, 0) is 42.8 Å². The highest BCUT2D eigenvalue weighted by atomic mass is 16.5. The average Bonchev–Trinajstić information content (AvgIpc) is 3.12. The molecular weight excluding hydrogens is 340 g/mol. The number of nitrogens with zero attached hydrogens (tertiary/aromatic N) is 1. The van der Waals surface area contributed by atoms with E-state index in [9.17, 15) is 4.79 Å². The lowest BCUT2D eigenvalue weighted by atomic mass is 10.1. The molecule has 0 aliphatic rings. The maximum Gasteiger partial charge on any atom is 0.255 e. The number of aromatic nitrogens is 1. The maximum atomic E-state index is 12.8. The molecule has 0 unspecified atom stereocenters. The number of benzene rings is 3. The Hall–Kier alpha value is -3.60. The summed E-state index contributed by atoms with van der Waals surface area (Å²) in [5, 5.41) is 7.81. The molecule has 0 aliphatic carbocycles. The number of anilines is 1. The summed E-state index contributed by atoms with van der Waals surface area (Å²) in [4.78, 5) is 12.8. The Kier molecular flexibility index (Phi) is 4.34. The number of carbonyl (C=O) groups is 1. The maximum absolute atomic E-state index is 12.8. The number of rotatable bonds is 4. The molecule has 5 nitrogen and oxygen atoms in total. The number of nitrogens with one attached hydrogen (secondary N) is 1. The van der Waals surface area contributed by atoms with Crippen LogP contribution in [0.15, 0.2) is 71.3 Å². The lowest BCUT2D eigenvalue weighted by molar-refractivity contribution is 0.102. The first kappa shape index (κ1) is 16.8. The van der Waals surface area contributed by atoms with Crippen LogP contribution in [-0.4, -0.2) is 18.2 Å². The van der Waals surface area contributed by atoms with Crippen molar-refractivity contribution in [3.8, 4) is 17.1 Å². The van der Waals surface area contributed by atoms with E-state index in [2.05, 4.69) is 10.5 Å². The van der Waals surface area contributed by atoms with E-state index in [1.165, 1.54) is 0 Å². The van der Waals surface area contributed by atoms with Crippen LogP contribution in [0.3, 0.4) is 0 Å². The van der Waals surface area contributed by atoms with E-state index in [-0.39, 0.29) is 5.91 Å². The van der Waals surface area contributed by atoms with Crippen LogP contribution in [0.1, 0.15) is 15.9 Å². The van der Waals surface area contributed by atoms with Crippen molar-refractivity contribution in [1.82, 2.24) is 5.16 Å². The molecule has 3 aromatic carbocycles. The Morgan fingerprint density at radius 1 is 1.04 bits per heavy atom. The summed E-state index contributed by atoms with van der Waals surface area (Å²) < 4.78 is 10.8. The summed E-state index contributed by atoms with van der Waals surface area (Å²) in [6.45, 7) is 1.96. The third-order valence-electron chi connectivity index (χ3n) is 4.38. The number of fused-ring (bicyclic) bond motifs is 1. The fraction of sp³-hybridized carbons (Fsp3) is 0.0909. The second-order valence-electron chi connectivity index (χ2n) is 6.27. The summed E-state index contributed by atoms with van der Waals surface area (Å²) >= 11 is 0. The molecule has 0 bridgehead atoms. The van der Waals surface area contributed by atoms with Crippen molar-refractivity contribution in [2.24, 2.45) is 0 Å². The second-order valence-corrected chi connectivity index (χ2v) is 6.27. The SMILES string of the molecule is COc1ccc(C)cc1NC(=O)c1ccc2noc(-c3ccccc3)c2c1. The molecule has 0 atom stereocenters. The normalized spacial score (nSPS) is 10.7. The van der Waals surface area contributed by atoms with Gasteiger partial charge in [-0.2, -0.15) is 0 Å². The van der Waals surface area contributed by atoms with Crippen LogP contribution in [0.2, 0.25) is 0 Å². The molecule has 0 radical (unpaired) electrons. The minimum Gasteiger partial charge on any atom is -0.495 e. The summed E-state index contributed by atoms with van der Waals surface area (Å²) in [7, 11) is 1.58. The molecular formula is C22H18N2O3. The number of ether oxygens (including phenoxy) is 1. The van der Waals surface area contributed by atoms with Gasteiger partial charge in [-0.25, -0.2) is 0 Å². The van der Waals surface area contributed by atoms with Crippen molar-refractivity contribution in [3.05, 3.63) is 77.9 Å². The van der Waals surface area contributed by atoms with Crippen molar-refractivity contribution < 1.29 is 14.1 Å². The molecule has 0 spiro atoms. The van der Waals surface area contributed by atoms with Gasteiger partial charge in [-0.1, -0.05) is 41.6 Å². The van der Waals surface area contributed by atoms with E-state index in [0.717, 1.165) is 16.5 Å². The summed E-state index contributed by atoms with van der Waals surface area (Å²) in [5.74, 6) is 1.04. The predicted octanol–water partition coefficient (Wildman–Crippen LogP) is 5.06. The minimum atomic E-state index is -0.221. The van der Waals surface area contributed by atoms with Crippen LogP contribution in [0.5, 0.6) is 5.75 Å². The number of methoxy groups -OCH3 is 1. The van der Waals surface area contributed by atoms with Crippen molar-refractivity contribution >= 4 is 22.5 Å². The van der Waals surface area contributed by atoms with E-state index in [1.54, 1.807) is 25.3 Å². The molecule has 0 saturated heterocycles. The molecule has 1 heterocycles. The van der Waals surface area contributed by atoms with E-state index in [4.69, 9.17) is 9.26 Å². The van der Waals surface area contributed by atoms with Gasteiger partial charge in [0.05, 0.1) is 18.2 Å². The Morgan fingerprint density at radius 2 is 1.85 bits per heavy atom. The fourth-order valence-corrected chi connectivity index (χ4v) is 2.99. The molecule has 0 fully saturated rings. The molecule has 1 amide bonds. The minimum absolute atomic E-state index is 0.221. The third kappa shape index (κ3) is 3.27. The summed E-state index contributed by atoms with van der Waals surface area (Å²) in [6, 6.07) is 20.7. The molecule has 1 aromatic heterocycles. The number of hydrogen-bond donors (Lipinski definition) is 1. The lowest BCUT2D eigenvalue weighted by Gasteiger charge is -2.11. The van der Waals surface area contributed by atoms with Crippen molar-refractivity contribution in [1.29, 1.82) is 0 Å². The number of hydrogen-bond acceptors (Lipinski definition) is 4. The highest BCUT2D eigenvalue weighted by Gasteiger charge is 2.15. The third-order valence-corrected chi connectivity index (χ3v) is 4.38. The van der Waals surface area contributed by atoms with Crippen molar-refractivity contribution in [2.75, 3.05) is 12.4 Å². The second kappa shape index (κ2) is 6.96. The zero-order valence-electron chi connectivity index (χ0n) is 15.0. The van der Waals surface area contributed by atoms with Gasteiger partial charge in [0.15, 0.2) is 5.76 Å². The highest BCUT2D eigenvalue weighted by molar-refractivity contribution is 6.08. The van der Waals surface area contributed by atoms with Crippen LogP contribution in [0.25, 0.3) is 22.2 Å². The lowest BCUT2D eigenvalue weighted by Crippen LogP contribution is -2.12. The molecule has 4 aromatic rings. The van der Waals surface area contributed by atoms with Gasteiger partial charge in [-0.15, -0.1) is 0 Å². The number of carbonyl (C=O) groups excluding carboxylic acids is 1. The first-order valence-corrected chi connectivity index (χ1v) is 8.56. The van der Waals surface area contributed by atoms with Gasteiger partial charge in [-0.3, -0.25) is 4.79 Å². The van der Waals surface area contributed by atoms with E-state index < -0.39 is 0 Å². The van der Waals surface area contributed by atoms with E-state index in [1.807, 2.05) is 55.5 Å². The average molecular weight is 358 g/mol. The Morgan fingerprint density at radius 3 is 2.63 bits per heavy atom. The Labute approximate surface area is 156 Å². The number of aryl methyl sites for hydroxylation is 1. The van der Waals surface area contributed by atoms with Gasteiger partial charge >= 0.3 is 0 Å². The zero-order valence-corrected chi connectivity index (χ0v) is 15.0. The van der Waals surface area contributed by atoms with Crippen LogP contribution in [0.4, 0.5) is 5.69 Å². The van der Waals surface area contributed by atoms with Crippen LogP contribution in [-0.2, 0) is 0 Å². The predicted molar refractivity (Wildman–Crippen MR) is 105 cm³/mol. The van der Waals surface area contributed by atoms with Gasteiger partial charge in [0.1, 0.15) is 11.3 Å². The molecule has 0 saturated carbocycles. The van der Waals surface area contributed by atoms with Crippen molar-refractivity contribution in [2.45, 2.75) is 6.92 Å². The number of amides is 1. The quantitative estimate of drug-likeness (QED) is 0.553. The molecule has 1 N–H and O–H groups in total. The first-order valence-electron chi connectivity index (χ1n) is 8.56. The smallest absolute Gasteiger partial charge is 0.255 e. The zero-order chi connectivity index (χ0) is 18.8. The van der Waals surface area contributed by atoms with E-state index >= 15 is 0 Å². The monoisotopic (exact) mass is 358 g/mol. The summed E-state index contributed by atoms with van der Waals surface area (Å²) in [5.41, 5.74) is 3.81. The topological polar surface area (TPSA) is 64.4 Å². The van der Waals surface area contributed by atoms with Gasteiger partial charge < -0.3 is 14.6 Å². The molecule has 5 heteroatoms. The van der Waals surface area contributed by atoms with Gasteiger partial charge in [0, 0.05) is 11.1 Å². The molecule has 4 rings (SSSR count). The van der Waals surface area contributed by atoms with E-state index in [0.29, 0.717) is 28.3 Å². The standard InChI is InChI=1S/C22H18N2O3/c1-14-8-11-20(26-2)19(12-14)23-22(25)16-9-10-18-17(13-16)21(27-24-18)15-6-4-3-5-7-15/h3-13H,1-2H3,(H,23,25). The Balaban J connectivity index is 1.70. The van der Waals surface area contributed by atoms with Crippen LogP contribution < -0.4 is 10.1 Å². The van der Waals surface area contributed by atoms with Gasteiger partial charge in [0.25, 0.3) is 5.91 Å². The Bertz CT molecular complexity index is 1120. The van der Waals surface area contributed by atoms with Crippen molar-refractivity contribution in [3.63, 3.8) is 0 Å². The first-order chi connectivity index (χ1) is 13.2. The molecule has 134 valence electrons.